The molecular formula is C13H20FNO3. The van der Waals surface area contributed by atoms with Gasteiger partial charge in [-0.1, -0.05) is 6.07 Å². The van der Waals surface area contributed by atoms with Crippen molar-refractivity contribution in [1.82, 2.24) is 5.32 Å². The van der Waals surface area contributed by atoms with Crippen molar-refractivity contribution < 1.29 is 19.0 Å². The number of nitrogens with one attached hydrogen (secondary N) is 1. The number of rotatable bonds is 7. The minimum atomic E-state index is -0.598. The lowest BCUT2D eigenvalue weighted by atomic mass is 10.1. The highest BCUT2D eigenvalue weighted by Crippen LogP contribution is 2.21. The third kappa shape index (κ3) is 4.25. The molecule has 0 heterocycles. The number of ether oxygens (including phenoxy) is 2. The van der Waals surface area contributed by atoms with Gasteiger partial charge in [0, 0.05) is 31.3 Å². The SMILES string of the molecule is COCC(O)CNC(C)c1ccc(OC)cc1F. The van der Waals surface area contributed by atoms with Gasteiger partial charge < -0.3 is 19.9 Å². The molecule has 1 aromatic carbocycles. The highest BCUT2D eigenvalue weighted by atomic mass is 19.1. The maximum absolute atomic E-state index is 13.8. The molecule has 2 unspecified atom stereocenters. The Morgan fingerprint density at radius 3 is 2.67 bits per heavy atom. The van der Waals surface area contributed by atoms with Crippen LogP contribution in [0.4, 0.5) is 4.39 Å². The Kier molecular flexibility index (Phi) is 6.04. The van der Waals surface area contributed by atoms with E-state index in [0.29, 0.717) is 17.9 Å². The molecular weight excluding hydrogens is 237 g/mol. The summed E-state index contributed by atoms with van der Waals surface area (Å²) in [5.74, 6) is 0.165. The highest BCUT2D eigenvalue weighted by Gasteiger charge is 2.13. The number of hydrogen-bond donors (Lipinski definition) is 2. The van der Waals surface area contributed by atoms with Crippen LogP contribution in [0.25, 0.3) is 0 Å². The molecule has 0 aliphatic heterocycles. The van der Waals surface area contributed by atoms with Crippen LogP contribution in [0.3, 0.4) is 0 Å². The lowest BCUT2D eigenvalue weighted by Gasteiger charge is -2.18. The maximum Gasteiger partial charge on any atom is 0.131 e. The lowest BCUT2D eigenvalue weighted by Crippen LogP contribution is -2.32. The Morgan fingerprint density at radius 2 is 2.11 bits per heavy atom. The van der Waals surface area contributed by atoms with Crippen LogP contribution in [0.2, 0.25) is 0 Å². The van der Waals surface area contributed by atoms with Gasteiger partial charge in [-0.2, -0.15) is 0 Å². The van der Waals surface area contributed by atoms with E-state index in [1.165, 1.54) is 20.3 Å². The molecule has 0 saturated heterocycles. The molecule has 0 radical (unpaired) electrons. The number of halogens is 1. The molecule has 102 valence electrons. The van der Waals surface area contributed by atoms with E-state index in [0.717, 1.165) is 0 Å². The second-order valence-corrected chi connectivity index (χ2v) is 4.13. The zero-order valence-corrected chi connectivity index (χ0v) is 10.9. The van der Waals surface area contributed by atoms with E-state index in [1.807, 2.05) is 6.92 Å². The third-order valence-electron chi connectivity index (χ3n) is 2.69. The minimum absolute atomic E-state index is 0.192. The van der Waals surface area contributed by atoms with Crippen molar-refractivity contribution in [3.63, 3.8) is 0 Å². The first-order valence-electron chi connectivity index (χ1n) is 5.82. The summed E-state index contributed by atoms with van der Waals surface area (Å²) in [6.07, 6.45) is -0.598. The van der Waals surface area contributed by atoms with E-state index in [9.17, 15) is 9.50 Å². The fourth-order valence-corrected chi connectivity index (χ4v) is 1.66. The molecule has 0 bridgehead atoms. The van der Waals surface area contributed by atoms with Gasteiger partial charge in [0.2, 0.25) is 0 Å². The molecule has 0 amide bonds. The number of aliphatic hydroxyl groups excluding tert-OH is 1. The fraction of sp³-hybridized carbons (Fsp3) is 0.538. The first kappa shape index (κ1) is 14.9. The van der Waals surface area contributed by atoms with Crippen molar-refractivity contribution >= 4 is 0 Å². The molecule has 1 aromatic rings. The monoisotopic (exact) mass is 257 g/mol. The quantitative estimate of drug-likeness (QED) is 0.777. The summed E-state index contributed by atoms with van der Waals surface area (Å²) in [5.41, 5.74) is 0.542. The molecule has 4 nitrogen and oxygen atoms in total. The summed E-state index contributed by atoms with van der Waals surface area (Å²) in [6.45, 7) is 2.44. The Bertz CT molecular complexity index is 373. The molecule has 0 saturated carbocycles. The third-order valence-corrected chi connectivity index (χ3v) is 2.69. The van der Waals surface area contributed by atoms with Gasteiger partial charge in [-0.05, 0) is 13.0 Å². The van der Waals surface area contributed by atoms with Crippen molar-refractivity contribution in [1.29, 1.82) is 0 Å². The van der Waals surface area contributed by atoms with Gasteiger partial charge >= 0.3 is 0 Å². The van der Waals surface area contributed by atoms with E-state index >= 15 is 0 Å². The van der Waals surface area contributed by atoms with E-state index in [4.69, 9.17) is 9.47 Å². The zero-order valence-electron chi connectivity index (χ0n) is 10.9. The Balaban J connectivity index is 2.58. The van der Waals surface area contributed by atoms with Crippen molar-refractivity contribution in [3.05, 3.63) is 29.6 Å². The van der Waals surface area contributed by atoms with Crippen molar-refractivity contribution in [3.8, 4) is 5.75 Å². The summed E-state index contributed by atoms with van der Waals surface area (Å²) in [5, 5.41) is 12.5. The zero-order chi connectivity index (χ0) is 13.5. The molecule has 5 heteroatoms. The molecule has 0 fully saturated rings. The van der Waals surface area contributed by atoms with E-state index in [2.05, 4.69) is 5.32 Å². The number of benzene rings is 1. The molecule has 1 rings (SSSR count). The Morgan fingerprint density at radius 1 is 1.39 bits per heavy atom. The van der Waals surface area contributed by atoms with Crippen LogP contribution in [0.15, 0.2) is 18.2 Å². The molecule has 0 aromatic heterocycles. The van der Waals surface area contributed by atoms with E-state index in [-0.39, 0.29) is 18.5 Å². The molecule has 0 aliphatic carbocycles. The first-order valence-corrected chi connectivity index (χ1v) is 5.82. The number of hydrogen-bond acceptors (Lipinski definition) is 4. The van der Waals surface area contributed by atoms with Gasteiger partial charge in [0.1, 0.15) is 11.6 Å². The van der Waals surface area contributed by atoms with Crippen molar-refractivity contribution in [2.45, 2.75) is 19.1 Å². The number of aliphatic hydroxyl groups is 1. The standard InChI is InChI=1S/C13H20FNO3/c1-9(15-7-10(16)8-17-2)12-5-4-11(18-3)6-13(12)14/h4-6,9-10,15-16H,7-8H2,1-3H3. The second kappa shape index (κ2) is 7.31. The molecule has 2 atom stereocenters. The molecule has 18 heavy (non-hydrogen) atoms. The molecule has 2 N–H and O–H groups in total. The average molecular weight is 257 g/mol. The van der Waals surface area contributed by atoms with Gasteiger partial charge in [-0.15, -0.1) is 0 Å². The predicted molar refractivity (Wildman–Crippen MR) is 67.3 cm³/mol. The molecule has 0 spiro atoms. The van der Waals surface area contributed by atoms with Crippen LogP contribution >= 0.6 is 0 Å². The maximum atomic E-state index is 13.8. The van der Waals surface area contributed by atoms with Crippen LogP contribution in [-0.4, -0.2) is 38.6 Å². The fourth-order valence-electron chi connectivity index (χ4n) is 1.66. The van der Waals surface area contributed by atoms with Crippen LogP contribution in [-0.2, 0) is 4.74 Å². The van der Waals surface area contributed by atoms with Crippen molar-refractivity contribution in [2.75, 3.05) is 27.4 Å². The summed E-state index contributed by atoms with van der Waals surface area (Å²) < 4.78 is 23.5. The molecule has 0 aliphatic rings. The summed E-state index contributed by atoms with van der Waals surface area (Å²) in [6, 6.07) is 4.54. The van der Waals surface area contributed by atoms with Gasteiger partial charge in [0.25, 0.3) is 0 Å². The predicted octanol–water partition coefficient (Wildman–Crippen LogP) is 1.49. The normalized spacial score (nSPS) is 14.3. The van der Waals surface area contributed by atoms with Gasteiger partial charge in [-0.25, -0.2) is 4.39 Å². The van der Waals surface area contributed by atoms with Gasteiger partial charge in [0.05, 0.1) is 19.8 Å². The van der Waals surface area contributed by atoms with E-state index < -0.39 is 6.10 Å². The summed E-state index contributed by atoms with van der Waals surface area (Å²) in [7, 11) is 3.02. The van der Waals surface area contributed by atoms with Gasteiger partial charge in [-0.3, -0.25) is 0 Å². The minimum Gasteiger partial charge on any atom is -0.497 e. The van der Waals surface area contributed by atoms with Gasteiger partial charge in [0.15, 0.2) is 0 Å². The number of methoxy groups -OCH3 is 2. The Labute approximate surface area is 107 Å². The average Bonchev–Trinajstić information content (AvgIpc) is 2.36. The lowest BCUT2D eigenvalue weighted by molar-refractivity contribution is 0.0630. The van der Waals surface area contributed by atoms with Crippen molar-refractivity contribution in [2.24, 2.45) is 0 Å². The topological polar surface area (TPSA) is 50.7 Å². The first-order chi connectivity index (χ1) is 8.58. The highest BCUT2D eigenvalue weighted by molar-refractivity contribution is 5.30. The largest absolute Gasteiger partial charge is 0.497 e. The van der Waals surface area contributed by atoms with Crippen LogP contribution in [0.5, 0.6) is 5.75 Å². The smallest absolute Gasteiger partial charge is 0.131 e. The van der Waals surface area contributed by atoms with Crippen LogP contribution < -0.4 is 10.1 Å². The van der Waals surface area contributed by atoms with E-state index in [1.54, 1.807) is 12.1 Å². The Hall–Kier alpha value is -1.17. The summed E-state index contributed by atoms with van der Waals surface area (Å²) in [4.78, 5) is 0. The van der Waals surface area contributed by atoms with Crippen LogP contribution in [0, 0.1) is 5.82 Å². The van der Waals surface area contributed by atoms with Crippen LogP contribution in [0.1, 0.15) is 18.5 Å². The summed E-state index contributed by atoms with van der Waals surface area (Å²) >= 11 is 0. The second-order valence-electron chi connectivity index (χ2n) is 4.13.